The van der Waals surface area contributed by atoms with Gasteiger partial charge in [0.1, 0.15) is 11.5 Å². The van der Waals surface area contributed by atoms with Gasteiger partial charge in [0, 0.05) is 19.5 Å². The standard InChI is InChI=1S/C16H20N2O3/c1-20-14-6-4-13(5-7-14)11-18-16(19)8-9-17-12-15-3-2-10-21-15/h2-7,10,17H,8-9,11-12H2,1H3,(H,18,19). The molecule has 0 unspecified atom stereocenters. The molecule has 2 rings (SSSR count). The van der Waals surface area contributed by atoms with Gasteiger partial charge >= 0.3 is 0 Å². The summed E-state index contributed by atoms with van der Waals surface area (Å²) in [6.45, 7) is 1.79. The van der Waals surface area contributed by atoms with E-state index in [1.165, 1.54) is 0 Å². The minimum absolute atomic E-state index is 0.0257. The van der Waals surface area contributed by atoms with E-state index < -0.39 is 0 Å². The number of amides is 1. The fraction of sp³-hybridized carbons (Fsp3) is 0.312. The third-order valence-corrected chi connectivity index (χ3v) is 3.06. The van der Waals surface area contributed by atoms with E-state index in [0.29, 0.717) is 26.1 Å². The van der Waals surface area contributed by atoms with Crippen LogP contribution in [0.3, 0.4) is 0 Å². The maximum absolute atomic E-state index is 11.7. The van der Waals surface area contributed by atoms with Crippen LogP contribution in [0.15, 0.2) is 47.1 Å². The van der Waals surface area contributed by atoms with Crippen LogP contribution in [-0.2, 0) is 17.9 Å². The van der Waals surface area contributed by atoms with E-state index in [4.69, 9.17) is 9.15 Å². The molecule has 0 radical (unpaired) electrons. The predicted molar refractivity (Wildman–Crippen MR) is 79.9 cm³/mol. The molecule has 0 bridgehead atoms. The quantitative estimate of drug-likeness (QED) is 0.730. The summed E-state index contributed by atoms with van der Waals surface area (Å²) in [5, 5.41) is 6.05. The number of carbonyl (C=O) groups is 1. The van der Waals surface area contributed by atoms with Gasteiger partial charge in [0.2, 0.25) is 5.91 Å². The molecule has 0 saturated heterocycles. The van der Waals surface area contributed by atoms with Gasteiger partial charge in [-0.3, -0.25) is 4.79 Å². The Morgan fingerprint density at radius 3 is 2.67 bits per heavy atom. The van der Waals surface area contributed by atoms with Gasteiger partial charge in [-0.05, 0) is 29.8 Å². The summed E-state index contributed by atoms with van der Waals surface area (Å²) < 4.78 is 10.3. The Hall–Kier alpha value is -2.27. The first kappa shape index (κ1) is 15.1. The van der Waals surface area contributed by atoms with Gasteiger partial charge in [-0.15, -0.1) is 0 Å². The molecule has 112 valence electrons. The van der Waals surface area contributed by atoms with Crippen LogP contribution in [0, 0.1) is 0 Å². The number of methoxy groups -OCH3 is 1. The predicted octanol–water partition coefficient (Wildman–Crippen LogP) is 2.08. The van der Waals surface area contributed by atoms with Gasteiger partial charge in [0.15, 0.2) is 0 Å². The second kappa shape index (κ2) is 8.11. The van der Waals surface area contributed by atoms with Crippen molar-refractivity contribution in [2.75, 3.05) is 13.7 Å². The lowest BCUT2D eigenvalue weighted by molar-refractivity contribution is -0.121. The summed E-state index contributed by atoms with van der Waals surface area (Å²) in [6.07, 6.45) is 2.08. The van der Waals surface area contributed by atoms with Gasteiger partial charge in [-0.1, -0.05) is 12.1 Å². The maximum atomic E-state index is 11.7. The fourth-order valence-corrected chi connectivity index (χ4v) is 1.86. The summed E-state index contributed by atoms with van der Waals surface area (Å²) in [6, 6.07) is 11.4. The number of benzene rings is 1. The summed E-state index contributed by atoms with van der Waals surface area (Å²) in [5.74, 6) is 1.71. The van der Waals surface area contributed by atoms with Crippen LogP contribution in [0.1, 0.15) is 17.7 Å². The zero-order chi connectivity index (χ0) is 14.9. The molecule has 0 spiro atoms. The number of nitrogens with one attached hydrogen (secondary N) is 2. The van der Waals surface area contributed by atoms with Crippen molar-refractivity contribution in [3.63, 3.8) is 0 Å². The fourth-order valence-electron chi connectivity index (χ4n) is 1.86. The molecule has 1 aromatic carbocycles. The summed E-state index contributed by atoms with van der Waals surface area (Å²) in [4.78, 5) is 11.7. The minimum Gasteiger partial charge on any atom is -0.497 e. The Balaban J connectivity index is 1.60. The van der Waals surface area contributed by atoms with Crippen molar-refractivity contribution in [1.82, 2.24) is 10.6 Å². The van der Waals surface area contributed by atoms with Gasteiger partial charge in [-0.25, -0.2) is 0 Å². The highest BCUT2D eigenvalue weighted by Gasteiger charge is 2.02. The average Bonchev–Trinajstić information content (AvgIpc) is 3.03. The highest BCUT2D eigenvalue weighted by Crippen LogP contribution is 2.10. The van der Waals surface area contributed by atoms with Crippen LogP contribution in [0.4, 0.5) is 0 Å². The lowest BCUT2D eigenvalue weighted by Gasteiger charge is -2.07. The second-order valence-corrected chi connectivity index (χ2v) is 4.63. The van der Waals surface area contributed by atoms with E-state index in [1.807, 2.05) is 36.4 Å². The molecule has 0 aliphatic heterocycles. The summed E-state index contributed by atoms with van der Waals surface area (Å²) >= 11 is 0. The van der Waals surface area contributed by atoms with Gasteiger partial charge in [0.05, 0.1) is 19.9 Å². The smallest absolute Gasteiger partial charge is 0.221 e. The first-order valence-electron chi connectivity index (χ1n) is 6.90. The van der Waals surface area contributed by atoms with Crippen LogP contribution in [-0.4, -0.2) is 19.6 Å². The number of hydrogen-bond acceptors (Lipinski definition) is 4. The molecule has 1 heterocycles. The molecular formula is C16H20N2O3. The van der Waals surface area contributed by atoms with Gasteiger partial charge in [0.25, 0.3) is 0 Å². The third-order valence-electron chi connectivity index (χ3n) is 3.06. The second-order valence-electron chi connectivity index (χ2n) is 4.63. The number of carbonyl (C=O) groups excluding carboxylic acids is 1. The van der Waals surface area contributed by atoms with E-state index in [-0.39, 0.29) is 5.91 Å². The number of furan rings is 1. The molecular weight excluding hydrogens is 268 g/mol. The largest absolute Gasteiger partial charge is 0.497 e. The molecule has 2 N–H and O–H groups in total. The Morgan fingerprint density at radius 1 is 1.19 bits per heavy atom. The Morgan fingerprint density at radius 2 is 2.00 bits per heavy atom. The van der Waals surface area contributed by atoms with Crippen LogP contribution in [0.2, 0.25) is 0 Å². The van der Waals surface area contributed by atoms with E-state index >= 15 is 0 Å². The monoisotopic (exact) mass is 288 g/mol. The zero-order valence-electron chi connectivity index (χ0n) is 12.1. The molecule has 5 heteroatoms. The number of ether oxygens (including phenoxy) is 1. The summed E-state index contributed by atoms with van der Waals surface area (Å²) in [7, 11) is 1.63. The highest BCUT2D eigenvalue weighted by atomic mass is 16.5. The molecule has 1 amide bonds. The molecule has 0 fully saturated rings. The van der Waals surface area contributed by atoms with Crippen molar-refractivity contribution < 1.29 is 13.9 Å². The van der Waals surface area contributed by atoms with Crippen LogP contribution < -0.4 is 15.4 Å². The van der Waals surface area contributed by atoms with Crippen molar-refractivity contribution in [3.8, 4) is 5.75 Å². The van der Waals surface area contributed by atoms with Crippen molar-refractivity contribution in [1.29, 1.82) is 0 Å². The SMILES string of the molecule is COc1ccc(CNC(=O)CCNCc2ccco2)cc1. The van der Waals surface area contributed by atoms with Crippen LogP contribution in [0.25, 0.3) is 0 Å². The van der Waals surface area contributed by atoms with E-state index in [1.54, 1.807) is 13.4 Å². The van der Waals surface area contributed by atoms with Crippen molar-refractivity contribution in [2.24, 2.45) is 0 Å². The summed E-state index contributed by atoms with van der Waals surface area (Å²) in [5.41, 5.74) is 1.05. The average molecular weight is 288 g/mol. The minimum atomic E-state index is 0.0257. The first-order valence-corrected chi connectivity index (χ1v) is 6.90. The normalized spacial score (nSPS) is 10.3. The molecule has 0 aliphatic carbocycles. The highest BCUT2D eigenvalue weighted by molar-refractivity contribution is 5.76. The first-order chi connectivity index (χ1) is 10.3. The Labute approximate surface area is 124 Å². The topological polar surface area (TPSA) is 63.5 Å². The van der Waals surface area contributed by atoms with Crippen molar-refractivity contribution >= 4 is 5.91 Å². The van der Waals surface area contributed by atoms with E-state index in [2.05, 4.69) is 10.6 Å². The molecule has 0 aliphatic rings. The van der Waals surface area contributed by atoms with Crippen LogP contribution in [0.5, 0.6) is 5.75 Å². The zero-order valence-corrected chi connectivity index (χ0v) is 12.1. The van der Waals surface area contributed by atoms with E-state index in [0.717, 1.165) is 17.1 Å². The lowest BCUT2D eigenvalue weighted by Crippen LogP contribution is -2.27. The van der Waals surface area contributed by atoms with Gasteiger partial charge in [-0.2, -0.15) is 0 Å². The van der Waals surface area contributed by atoms with E-state index in [9.17, 15) is 4.79 Å². The van der Waals surface area contributed by atoms with Gasteiger partial charge < -0.3 is 19.8 Å². The Bertz CT molecular complexity index is 535. The molecule has 21 heavy (non-hydrogen) atoms. The molecule has 5 nitrogen and oxygen atoms in total. The number of rotatable bonds is 8. The Kier molecular flexibility index (Phi) is 5.84. The third kappa shape index (κ3) is 5.31. The molecule has 0 saturated carbocycles. The van der Waals surface area contributed by atoms with Crippen molar-refractivity contribution in [3.05, 3.63) is 54.0 Å². The maximum Gasteiger partial charge on any atom is 0.221 e. The molecule has 0 atom stereocenters. The van der Waals surface area contributed by atoms with Crippen LogP contribution >= 0.6 is 0 Å². The number of hydrogen-bond donors (Lipinski definition) is 2. The lowest BCUT2D eigenvalue weighted by atomic mass is 10.2. The van der Waals surface area contributed by atoms with Crippen molar-refractivity contribution in [2.45, 2.75) is 19.5 Å². The molecule has 1 aromatic heterocycles. The molecule has 2 aromatic rings.